The largest absolute Gasteiger partial charge is 0.481 e. The second kappa shape index (κ2) is 7.87. The SMILES string of the molecule is CN=C(NCc1ccnc(OC)c1)NCC1(c2cccc(Br)c2)CC1. The standard InChI is InChI=1S/C19H23BrN4O/c1-21-18(23-12-14-6-9-22-17(10-14)25-2)24-13-19(7-8-19)15-4-3-5-16(20)11-15/h3-6,9-11H,7-8,12-13H2,1-2H3,(H2,21,23,24). The van der Waals surface area contributed by atoms with E-state index in [-0.39, 0.29) is 5.41 Å². The second-order valence-electron chi connectivity index (χ2n) is 6.28. The Morgan fingerprint density at radius 1 is 1.28 bits per heavy atom. The fourth-order valence-electron chi connectivity index (χ4n) is 2.87. The number of hydrogen-bond acceptors (Lipinski definition) is 3. The first-order chi connectivity index (χ1) is 12.1. The fourth-order valence-corrected chi connectivity index (χ4v) is 3.27. The van der Waals surface area contributed by atoms with Crippen molar-refractivity contribution in [2.45, 2.75) is 24.8 Å². The average molecular weight is 403 g/mol. The molecule has 0 aliphatic heterocycles. The molecular weight excluding hydrogens is 380 g/mol. The number of halogens is 1. The van der Waals surface area contributed by atoms with Crippen molar-refractivity contribution < 1.29 is 4.74 Å². The minimum Gasteiger partial charge on any atom is -0.481 e. The quantitative estimate of drug-likeness (QED) is 0.574. The lowest BCUT2D eigenvalue weighted by atomic mass is 9.96. The van der Waals surface area contributed by atoms with Gasteiger partial charge in [0.25, 0.3) is 0 Å². The summed E-state index contributed by atoms with van der Waals surface area (Å²) in [4.78, 5) is 8.45. The molecule has 3 rings (SSSR count). The number of benzene rings is 1. The molecule has 1 aliphatic carbocycles. The third kappa shape index (κ3) is 4.51. The van der Waals surface area contributed by atoms with E-state index in [4.69, 9.17) is 4.74 Å². The van der Waals surface area contributed by atoms with E-state index in [2.05, 4.69) is 60.8 Å². The van der Waals surface area contributed by atoms with Crippen LogP contribution in [0.2, 0.25) is 0 Å². The first-order valence-corrected chi connectivity index (χ1v) is 9.14. The van der Waals surface area contributed by atoms with Crippen LogP contribution in [-0.2, 0) is 12.0 Å². The summed E-state index contributed by atoms with van der Waals surface area (Å²) >= 11 is 3.57. The van der Waals surface area contributed by atoms with Crippen LogP contribution in [0.1, 0.15) is 24.0 Å². The maximum atomic E-state index is 5.16. The highest BCUT2D eigenvalue weighted by Crippen LogP contribution is 2.48. The number of nitrogens with zero attached hydrogens (tertiary/aromatic N) is 2. The second-order valence-corrected chi connectivity index (χ2v) is 7.19. The van der Waals surface area contributed by atoms with Crippen LogP contribution in [0.25, 0.3) is 0 Å². The van der Waals surface area contributed by atoms with Crippen molar-refractivity contribution in [3.05, 3.63) is 58.2 Å². The fraction of sp³-hybridized carbons (Fsp3) is 0.368. The molecule has 0 amide bonds. The lowest BCUT2D eigenvalue weighted by Crippen LogP contribution is -2.40. The Labute approximate surface area is 157 Å². The van der Waals surface area contributed by atoms with E-state index in [1.54, 1.807) is 20.4 Å². The number of hydrogen-bond donors (Lipinski definition) is 2. The predicted molar refractivity (Wildman–Crippen MR) is 104 cm³/mol. The van der Waals surface area contributed by atoms with E-state index in [1.807, 2.05) is 12.1 Å². The zero-order chi connectivity index (χ0) is 17.7. The van der Waals surface area contributed by atoms with Crippen LogP contribution in [0.4, 0.5) is 0 Å². The van der Waals surface area contributed by atoms with E-state index in [1.165, 1.54) is 18.4 Å². The zero-order valence-corrected chi connectivity index (χ0v) is 16.1. The minimum absolute atomic E-state index is 0.223. The highest BCUT2D eigenvalue weighted by atomic mass is 79.9. The van der Waals surface area contributed by atoms with Crippen LogP contribution in [0.15, 0.2) is 52.1 Å². The van der Waals surface area contributed by atoms with Gasteiger partial charge in [-0.05, 0) is 42.2 Å². The van der Waals surface area contributed by atoms with Crippen molar-refractivity contribution in [2.75, 3.05) is 20.7 Å². The Morgan fingerprint density at radius 2 is 2.12 bits per heavy atom. The molecule has 1 aromatic heterocycles. The number of aromatic nitrogens is 1. The number of nitrogens with one attached hydrogen (secondary N) is 2. The van der Waals surface area contributed by atoms with E-state index in [0.29, 0.717) is 12.4 Å². The van der Waals surface area contributed by atoms with Gasteiger partial charge in [0.1, 0.15) is 0 Å². The van der Waals surface area contributed by atoms with Crippen LogP contribution in [0.3, 0.4) is 0 Å². The number of rotatable bonds is 6. The molecule has 2 aromatic rings. The molecule has 0 bridgehead atoms. The molecule has 5 nitrogen and oxygen atoms in total. The molecule has 0 spiro atoms. The molecule has 1 fully saturated rings. The highest BCUT2D eigenvalue weighted by Gasteiger charge is 2.44. The summed E-state index contributed by atoms with van der Waals surface area (Å²) in [5.41, 5.74) is 2.70. The number of pyridine rings is 1. The summed E-state index contributed by atoms with van der Waals surface area (Å²) in [6, 6.07) is 12.5. The van der Waals surface area contributed by atoms with Gasteiger partial charge in [-0.3, -0.25) is 4.99 Å². The third-order valence-electron chi connectivity index (χ3n) is 4.58. The number of aliphatic imine (C=N–C) groups is 1. The van der Waals surface area contributed by atoms with E-state index in [9.17, 15) is 0 Å². The minimum atomic E-state index is 0.223. The first kappa shape index (κ1) is 17.7. The molecule has 0 saturated heterocycles. The predicted octanol–water partition coefficient (Wildman–Crippen LogP) is 3.25. The van der Waals surface area contributed by atoms with Crippen LogP contribution < -0.4 is 15.4 Å². The van der Waals surface area contributed by atoms with Gasteiger partial charge in [0.15, 0.2) is 5.96 Å². The van der Waals surface area contributed by atoms with Crippen molar-refractivity contribution >= 4 is 21.9 Å². The van der Waals surface area contributed by atoms with Crippen molar-refractivity contribution in [3.8, 4) is 5.88 Å². The molecule has 1 aromatic carbocycles. The van der Waals surface area contributed by atoms with Gasteiger partial charge in [-0.25, -0.2) is 4.98 Å². The van der Waals surface area contributed by atoms with E-state index in [0.717, 1.165) is 22.5 Å². The highest BCUT2D eigenvalue weighted by molar-refractivity contribution is 9.10. The Bertz CT molecular complexity index is 759. The molecule has 1 aliphatic rings. The summed E-state index contributed by atoms with van der Waals surface area (Å²) in [7, 11) is 3.41. The smallest absolute Gasteiger partial charge is 0.213 e. The Kier molecular flexibility index (Phi) is 5.58. The summed E-state index contributed by atoms with van der Waals surface area (Å²) < 4.78 is 6.29. The third-order valence-corrected chi connectivity index (χ3v) is 5.07. The molecule has 25 heavy (non-hydrogen) atoms. The van der Waals surface area contributed by atoms with Crippen molar-refractivity contribution in [2.24, 2.45) is 4.99 Å². The van der Waals surface area contributed by atoms with E-state index < -0.39 is 0 Å². The van der Waals surface area contributed by atoms with Gasteiger partial charge in [0.05, 0.1) is 7.11 Å². The summed E-state index contributed by atoms with van der Waals surface area (Å²) in [5, 5.41) is 6.81. The molecule has 2 N–H and O–H groups in total. The molecule has 132 valence electrons. The van der Waals surface area contributed by atoms with Gasteiger partial charge in [-0.15, -0.1) is 0 Å². The van der Waals surface area contributed by atoms with Gasteiger partial charge >= 0.3 is 0 Å². The van der Waals surface area contributed by atoms with Crippen LogP contribution in [0, 0.1) is 0 Å². The zero-order valence-electron chi connectivity index (χ0n) is 14.6. The topological polar surface area (TPSA) is 58.5 Å². The number of guanidine groups is 1. The Balaban J connectivity index is 1.56. The van der Waals surface area contributed by atoms with E-state index >= 15 is 0 Å². The van der Waals surface area contributed by atoms with Crippen LogP contribution >= 0.6 is 15.9 Å². The van der Waals surface area contributed by atoms with Crippen LogP contribution in [-0.4, -0.2) is 31.6 Å². The normalized spacial score (nSPS) is 15.6. The monoisotopic (exact) mass is 402 g/mol. The van der Waals surface area contributed by atoms with Gasteiger partial charge in [-0.2, -0.15) is 0 Å². The number of methoxy groups -OCH3 is 1. The summed E-state index contributed by atoms with van der Waals surface area (Å²) in [6.45, 7) is 1.55. The molecule has 6 heteroatoms. The maximum absolute atomic E-state index is 5.16. The summed E-state index contributed by atoms with van der Waals surface area (Å²) in [5.74, 6) is 1.42. The molecule has 0 radical (unpaired) electrons. The molecule has 1 heterocycles. The lowest BCUT2D eigenvalue weighted by Gasteiger charge is -2.19. The van der Waals surface area contributed by atoms with Gasteiger partial charge in [0.2, 0.25) is 5.88 Å². The Morgan fingerprint density at radius 3 is 2.80 bits per heavy atom. The van der Waals surface area contributed by atoms with Gasteiger partial charge in [0, 0.05) is 42.3 Å². The summed E-state index contributed by atoms with van der Waals surface area (Å²) in [6.07, 6.45) is 4.16. The lowest BCUT2D eigenvalue weighted by molar-refractivity contribution is 0.397. The van der Waals surface area contributed by atoms with Crippen LogP contribution in [0.5, 0.6) is 5.88 Å². The number of ether oxygens (including phenoxy) is 1. The molecule has 1 saturated carbocycles. The van der Waals surface area contributed by atoms with Crippen molar-refractivity contribution in [1.82, 2.24) is 15.6 Å². The average Bonchev–Trinajstić information content (AvgIpc) is 3.43. The van der Waals surface area contributed by atoms with Crippen molar-refractivity contribution in [1.29, 1.82) is 0 Å². The molecule has 0 unspecified atom stereocenters. The Hall–Kier alpha value is -2.08. The first-order valence-electron chi connectivity index (χ1n) is 8.35. The maximum Gasteiger partial charge on any atom is 0.213 e. The van der Waals surface area contributed by atoms with Crippen molar-refractivity contribution in [3.63, 3.8) is 0 Å². The molecular formula is C19H23BrN4O. The van der Waals surface area contributed by atoms with Gasteiger partial charge in [-0.1, -0.05) is 28.1 Å². The van der Waals surface area contributed by atoms with Gasteiger partial charge < -0.3 is 15.4 Å². The molecule has 0 atom stereocenters.